The lowest BCUT2D eigenvalue weighted by Gasteiger charge is -2.29. The summed E-state index contributed by atoms with van der Waals surface area (Å²) < 4.78 is 32.3. The Kier molecular flexibility index (Phi) is 5.83. The fourth-order valence-corrected chi connectivity index (χ4v) is 4.15. The first-order valence-electron chi connectivity index (χ1n) is 7.31. The van der Waals surface area contributed by atoms with Crippen LogP contribution in [0.5, 0.6) is 5.75 Å². The summed E-state index contributed by atoms with van der Waals surface area (Å²) >= 11 is 5.55. The number of carbonyl (C=O) groups is 1. The maximum absolute atomic E-state index is 13.2. The van der Waals surface area contributed by atoms with Crippen molar-refractivity contribution in [1.82, 2.24) is 0 Å². The van der Waals surface area contributed by atoms with Crippen LogP contribution in [-0.2, 0) is 14.8 Å². The van der Waals surface area contributed by atoms with Crippen molar-refractivity contribution in [2.45, 2.75) is 17.9 Å². The van der Waals surface area contributed by atoms with E-state index in [2.05, 4.69) is 0 Å². The zero-order valence-corrected chi connectivity index (χ0v) is 15.4. The molecule has 8 nitrogen and oxygen atoms in total. The third-order valence-electron chi connectivity index (χ3n) is 3.59. The van der Waals surface area contributed by atoms with Crippen LogP contribution in [0.2, 0.25) is 0 Å². The normalized spacial score (nSPS) is 12.3. The molecule has 0 amide bonds. The highest BCUT2D eigenvalue weighted by atomic mass is 35.5. The van der Waals surface area contributed by atoms with Gasteiger partial charge < -0.3 is 4.74 Å². The van der Waals surface area contributed by atoms with Gasteiger partial charge >= 0.3 is 0 Å². The second-order valence-electron chi connectivity index (χ2n) is 5.21. The van der Waals surface area contributed by atoms with E-state index in [1.807, 2.05) is 0 Å². The molecule has 2 aromatic rings. The van der Waals surface area contributed by atoms with E-state index in [1.165, 1.54) is 44.4 Å². The lowest BCUT2D eigenvalue weighted by molar-refractivity contribution is -0.385. The average Bonchev–Trinajstić information content (AvgIpc) is 2.62. The lowest BCUT2D eigenvalue weighted by atomic mass is 10.2. The molecule has 0 N–H and O–H groups in total. The number of halogens is 1. The second-order valence-corrected chi connectivity index (χ2v) is 7.39. The zero-order valence-electron chi connectivity index (χ0n) is 13.8. The number of carbonyl (C=O) groups excluding carboxylic acids is 1. The monoisotopic (exact) mass is 398 g/mol. The van der Waals surface area contributed by atoms with Crippen molar-refractivity contribution in [1.29, 1.82) is 0 Å². The molecule has 10 heteroatoms. The molecule has 26 heavy (non-hydrogen) atoms. The number of benzene rings is 2. The van der Waals surface area contributed by atoms with Crippen molar-refractivity contribution in [2.75, 3.05) is 11.4 Å². The fourth-order valence-electron chi connectivity index (χ4n) is 2.32. The Morgan fingerprint density at radius 2 is 1.88 bits per heavy atom. The summed E-state index contributed by atoms with van der Waals surface area (Å²) in [5, 5.41) is 10.1. The molecule has 1 atom stereocenters. The molecule has 0 aliphatic heterocycles. The van der Waals surface area contributed by atoms with Crippen LogP contribution in [0.15, 0.2) is 53.4 Å². The molecule has 0 bridgehead atoms. The van der Waals surface area contributed by atoms with Gasteiger partial charge in [-0.2, -0.15) is 0 Å². The highest BCUT2D eigenvalue weighted by Crippen LogP contribution is 2.35. The maximum atomic E-state index is 13.2. The number of ether oxygens (including phenoxy) is 1. The number of para-hydroxylation sites is 2. The first kappa shape index (κ1) is 19.7. The Balaban J connectivity index is 2.70. The molecule has 0 heterocycles. The zero-order chi connectivity index (χ0) is 19.5. The summed E-state index contributed by atoms with van der Waals surface area (Å²) in [6.45, 7) is 1.32. The van der Waals surface area contributed by atoms with Gasteiger partial charge in [-0.25, -0.2) is 8.42 Å². The van der Waals surface area contributed by atoms with Gasteiger partial charge in [0.25, 0.3) is 15.7 Å². The Morgan fingerprint density at radius 1 is 1.23 bits per heavy atom. The Labute approximate surface area is 155 Å². The third kappa shape index (κ3) is 3.78. The molecule has 2 rings (SSSR count). The average molecular weight is 399 g/mol. The molecule has 0 radical (unpaired) electrons. The SMILES string of the molecule is COc1ccccc1N(C(C)C(=O)Cl)S(=O)(=O)c1cccc([N+](=O)[O-])c1. The highest BCUT2D eigenvalue weighted by Gasteiger charge is 2.35. The second kappa shape index (κ2) is 7.71. The molecule has 0 fully saturated rings. The topological polar surface area (TPSA) is 107 Å². The number of hydrogen-bond acceptors (Lipinski definition) is 6. The van der Waals surface area contributed by atoms with Crippen molar-refractivity contribution in [2.24, 2.45) is 0 Å². The molecule has 1 unspecified atom stereocenters. The lowest BCUT2D eigenvalue weighted by Crippen LogP contribution is -2.42. The van der Waals surface area contributed by atoms with E-state index >= 15 is 0 Å². The largest absolute Gasteiger partial charge is 0.495 e. The van der Waals surface area contributed by atoms with Crippen molar-refractivity contribution in [3.8, 4) is 5.75 Å². The predicted octanol–water partition coefficient (Wildman–Crippen LogP) is 2.95. The van der Waals surface area contributed by atoms with Crippen LogP contribution in [0.1, 0.15) is 6.92 Å². The first-order valence-corrected chi connectivity index (χ1v) is 9.13. The molecule has 0 saturated heterocycles. The van der Waals surface area contributed by atoms with Gasteiger partial charge in [-0.15, -0.1) is 0 Å². The molecule has 0 aliphatic carbocycles. The number of nitro groups is 1. The van der Waals surface area contributed by atoms with E-state index in [-0.39, 0.29) is 16.3 Å². The van der Waals surface area contributed by atoms with Gasteiger partial charge in [-0.1, -0.05) is 18.2 Å². The molecule has 0 saturated carbocycles. The fraction of sp³-hybridized carbons (Fsp3) is 0.188. The molecular weight excluding hydrogens is 384 g/mol. The summed E-state index contributed by atoms with van der Waals surface area (Å²) in [5.41, 5.74) is -0.307. The summed E-state index contributed by atoms with van der Waals surface area (Å²) in [6.07, 6.45) is 0. The Morgan fingerprint density at radius 3 is 2.46 bits per heavy atom. The number of anilines is 1. The van der Waals surface area contributed by atoms with E-state index < -0.39 is 31.9 Å². The third-order valence-corrected chi connectivity index (χ3v) is 5.78. The standard InChI is InChI=1S/C16H15ClN2O6S/c1-11(16(17)20)18(14-8-3-4-9-15(14)25-2)26(23,24)13-7-5-6-12(10-13)19(21)22/h3-11H,1-2H3. The van der Waals surface area contributed by atoms with Crippen LogP contribution in [0.3, 0.4) is 0 Å². The van der Waals surface area contributed by atoms with Crippen molar-refractivity contribution < 1.29 is 22.9 Å². The van der Waals surface area contributed by atoms with Gasteiger partial charge in [0.05, 0.1) is 22.6 Å². The van der Waals surface area contributed by atoms with Crippen LogP contribution in [0.4, 0.5) is 11.4 Å². The predicted molar refractivity (Wildman–Crippen MR) is 96.1 cm³/mol. The van der Waals surface area contributed by atoms with Gasteiger partial charge in [0, 0.05) is 12.1 Å². The van der Waals surface area contributed by atoms with Crippen LogP contribution >= 0.6 is 11.6 Å². The van der Waals surface area contributed by atoms with E-state index in [4.69, 9.17) is 16.3 Å². The summed E-state index contributed by atoms with van der Waals surface area (Å²) in [6, 6.07) is 9.45. The quantitative estimate of drug-likeness (QED) is 0.403. The Hall–Kier alpha value is -2.65. The molecule has 0 aromatic heterocycles. The van der Waals surface area contributed by atoms with E-state index in [0.717, 1.165) is 10.4 Å². The molecule has 0 aliphatic rings. The van der Waals surface area contributed by atoms with E-state index in [1.54, 1.807) is 12.1 Å². The number of hydrogen-bond donors (Lipinski definition) is 0. The van der Waals surface area contributed by atoms with Crippen LogP contribution in [0, 0.1) is 10.1 Å². The van der Waals surface area contributed by atoms with Gasteiger partial charge in [-0.3, -0.25) is 19.2 Å². The van der Waals surface area contributed by atoms with Crippen molar-refractivity contribution in [3.05, 3.63) is 58.6 Å². The first-order chi connectivity index (χ1) is 12.2. The molecular formula is C16H15ClN2O6S. The molecule has 138 valence electrons. The minimum atomic E-state index is -4.34. The van der Waals surface area contributed by atoms with Gasteiger partial charge in [-0.05, 0) is 36.7 Å². The summed E-state index contributed by atoms with van der Waals surface area (Å²) in [4.78, 5) is 21.6. The number of methoxy groups -OCH3 is 1. The van der Waals surface area contributed by atoms with Crippen LogP contribution in [0.25, 0.3) is 0 Å². The smallest absolute Gasteiger partial charge is 0.270 e. The number of sulfonamides is 1. The highest BCUT2D eigenvalue weighted by molar-refractivity contribution is 7.93. The minimum Gasteiger partial charge on any atom is -0.495 e. The minimum absolute atomic E-state index is 0.0861. The van der Waals surface area contributed by atoms with E-state index in [0.29, 0.717) is 0 Å². The number of nitro benzene ring substituents is 1. The van der Waals surface area contributed by atoms with E-state index in [9.17, 15) is 23.3 Å². The number of nitrogens with zero attached hydrogens (tertiary/aromatic N) is 2. The Bertz CT molecular complexity index is 947. The molecule has 0 spiro atoms. The number of rotatable bonds is 7. The van der Waals surface area contributed by atoms with Crippen LogP contribution < -0.4 is 9.04 Å². The maximum Gasteiger partial charge on any atom is 0.270 e. The number of non-ortho nitro benzene ring substituents is 1. The van der Waals surface area contributed by atoms with Crippen molar-refractivity contribution in [3.63, 3.8) is 0 Å². The van der Waals surface area contributed by atoms with Crippen molar-refractivity contribution >= 4 is 38.2 Å². The van der Waals surface area contributed by atoms with Crippen LogP contribution in [-0.4, -0.2) is 31.7 Å². The van der Waals surface area contributed by atoms with Gasteiger partial charge in [0.15, 0.2) is 0 Å². The van der Waals surface area contributed by atoms with Gasteiger partial charge in [0.1, 0.15) is 11.8 Å². The van der Waals surface area contributed by atoms with Gasteiger partial charge in [0.2, 0.25) is 5.24 Å². The summed E-state index contributed by atoms with van der Waals surface area (Å²) in [7, 11) is -2.99. The summed E-state index contributed by atoms with van der Waals surface area (Å²) in [5.74, 6) is 0.200. The molecule has 2 aromatic carbocycles.